The Bertz CT molecular complexity index is 1050. The van der Waals surface area contributed by atoms with E-state index in [9.17, 15) is 14.0 Å². The van der Waals surface area contributed by atoms with Crippen LogP contribution in [0, 0.1) is 18.7 Å². The summed E-state index contributed by atoms with van der Waals surface area (Å²) in [5.41, 5.74) is 2.39. The fraction of sp³-hybridized carbons (Fsp3) is 0.261. The number of hydrogen-bond acceptors (Lipinski definition) is 4. The second-order valence-electron chi connectivity index (χ2n) is 7.22. The van der Waals surface area contributed by atoms with E-state index in [-0.39, 0.29) is 24.2 Å². The SMILES string of the molecule is Cc1ccccc1C(=O)N[C@H](C(=O)OCc1ccc(F)c2cccnc12)C(C)C. The number of rotatable bonds is 6. The number of hydrogen-bond donors (Lipinski definition) is 1. The van der Waals surface area contributed by atoms with Gasteiger partial charge in [0.2, 0.25) is 0 Å². The highest BCUT2D eigenvalue weighted by atomic mass is 19.1. The standard InChI is InChI=1S/C23H23FN2O3/c1-14(2)20(26-22(27)17-8-5-4-7-15(17)3)23(28)29-13-16-10-11-19(24)18-9-6-12-25-21(16)18/h4-12,14,20H,13H2,1-3H3,(H,26,27)/t20-/m0/s1. The number of esters is 1. The highest BCUT2D eigenvalue weighted by Crippen LogP contribution is 2.21. The van der Waals surface area contributed by atoms with Crippen LogP contribution in [0.4, 0.5) is 4.39 Å². The van der Waals surface area contributed by atoms with Crippen molar-refractivity contribution in [3.05, 3.63) is 77.2 Å². The van der Waals surface area contributed by atoms with Crippen molar-refractivity contribution < 1.29 is 18.7 Å². The Morgan fingerprint density at radius 1 is 1.10 bits per heavy atom. The highest BCUT2D eigenvalue weighted by Gasteiger charge is 2.27. The second kappa shape index (κ2) is 8.82. The second-order valence-corrected chi connectivity index (χ2v) is 7.22. The van der Waals surface area contributed by atoms with Crippen LogP contribution in [0.25, 0.3) is 10.9 Å². The number of aromatic nitrogens is 1. The third kappa shape index (κ3) is 4.59. The van der Waals surface area contributed by atoms with E-state index in [1.807, 2.05) is 32.9 Å². The average molecular weight is 394 g/mol. The van der Waals surface area contributed by atoms with Gasteiger partial charge in [-0.05, 0) is 42.7 Å². The van der Waals surface area contributed by atoms with Crippen LogP contribution < -0.4 is 5.32 Å². The lowest BCUT2D eigenvalue weighted by Gasteiger charge is -2.21. The van der Waals surface area contributed by atoms with Crippen molar-refractivity contribution in [2.45, 2.75) is 33.4 Å². The molecule has 1 N–H and O–H groups in total. The summed E-state index contributed by atoms with van der Waals surface area (Å²) in [6, 6.07) is 12.5. The van der Waals surface area contributed by atoms with Crippen molar-refractivity contribution >= 4 is 22.8 Å². The summed E-state index contributed by atoms with van der Waals surface area (Å²) < 4.78 is 19.4. The van der Waals surface area contributed by atoms with Crippen LogP contribution in [0.15, 0.2) is 54.7 Å². The van der Waals surface area contributed by atoms with Crippen LogP contribution in [0.2, 0.25) is 0 Å². The van der Waals surface area contributed by atoms with Gasteiger partial charge >= 0.3 is 5.97 Å². The Balaban J connectivity index is 1.73. The lowest BCUT2D eigenvalue weighted by Crippen LogP contribution is -2.45. The molecule has 1 amide bonds. The van der Waals surface area contributed by atoms with E-state index in [1.165, 1.54) is 6.07 Å². The van der Waals surface area contributed by atoms with Crippen LogP contribution in [-0.2, 0) is 16.1 Å². The van der Waals surface area contributed by atoms with E-state index in [0.29, 0.717) is 22.0 Å². The van der Waals surface area contributed by atoms with Gasteiger partial charge in [0.1, 0.15) is 18.5 Å². The first-order chi connectivity index (χ1) is 13.9. The third-order valence-electron chi connectivity index (χ3n) is 4.77. The normalized spacial score (nSPS) is 12.0. The van der Waals surface area contributed by atoms with Gasteiger partial charge in [-0.2, -0.15) is 0 Å². The third-order valence-corrected chi connectivity index (χ3v) is 4.77. The van der Waals surface area contributed by atoms with Gasteiger partial charge in [0.25, 0.3) is 5.91 Å². The molecule has 1 heterocycles. The number of carbonyl (C=O) groups excluding carboxylic acids is 2. The largest absolute Gasteiger partial charge is 0.459 e. The molecule has 5 nitrogen and oxygen atoms in total. The first kappa shape index (κ1) is 20.5. The van der Waals surface area contributed by atoms with Crippen molar-refractivity contribution in [3.8, 4) is 0 Å². The minimum atomic E-state index is -0.804. The Morgan fingerprint density at radius 2 is 1.86 bits per heavy atom. The molecule has 0 bridgehead atoms. The maximum absolute atomic E-state index is 13.9. The number of benzene rings is 2. The minimum Gasteiger partial charge on any atom is -0.459 e. The summed E-state index contributed by atoms with van der Waals surface area (Å²) in [6.45, 7) is 5.44. The quantitative estimate of drug-likeness (QED) is 0.637. The van der Waals surface area contributed by atoms with Crippen LogP contribution >= 0.6 is 0 Å². The molecule has 1 aromatic heterocycles. The summed E-state index contributed by atoms with van der Waals surface area (Å²) in [5.74, 6) is -1.42. The lowest BCUT2D eigenvalue weighted by molar-refractivity contribution is -0.148. The van der Waals surface area contributed by atoms with Gasteiger partial charge in [-0.25, -0.2) is 9.18 Å². The predicted molar refractivity (Wildman–Crippen MR) is 109 cm³/mol. The fourth-order valence-electron chi connectivity index (χ4n) is 3.10. The van der Waals surface area contributed by atoms with E-state index in [1.54, 1.807) is 36.5 Å². The maximum atomic E-state index is 13.9. The van der Waals surface area contributed by atoms with Gasteiger partial charge in [-0.15, -0.1) is 0 Å². The van der Waals surface area contributed by atoms with Gasteiger partial charge in [-0.3, -0.25) is 9.78 Å². The molecule has 6 heteroatoms. The molecular formula is C23H23FN2O3. The smallest absolute Gasteiger partial charge is 0.329 e. The molecule has 0 saturated carbocycles. The fourth-order valence-corrected chi connectivity index (χ4v) is 3.10. The Kier molecular flexibility index (Phi) is 6.22. The number of nitrogens with one attached hydrogen (secondary N) is 1. The van der Waals surface area contributed by atoms with Crippen molar-refractivity contribution in [1.29, 1.82) is 0 Å². The first-order valence-electron chi connectivity index (χ1n) is 9.43. The maximum Gasteiger partial charge on any atom is 0.329 e. The first-order valence-corrected chi connectivity index (χ1v) is 9.43. The number of carbonyl (C=O) groups is 2. The molecule has 0 unspecified atom stereocenters. The number of nitrogens with zero attached hydrogens (tertiary/aromatic N) is 1. The monoisotopic (exact) mass is 394 g/mol. The van der Waals surface area contributed by atoms with Crippen molar-refractivity contribution in [2.75, 3.05) is 0 Å². The number of fused-ring (bicyclic) bond motifs is 1. The van der Waals surface area contributed by atoms with Crippen molar-refractivity contribution in [1.82, 2.24) is 10.3 Å². The van der Waals surface area contributed by atoms with Gasteiger partial charge < -0.3 is 10.1 Å². The minimum absolute atomic E-state index is 0.0594. The zero-order valence-electron chi connectivity index (χ0n) is 16.6. The number of ether oxygens (including phenoxy) is 1. The van der Waals surface area contributed by atoms with E-state index in [0.717, 1.165) is 5.56 Å². The van der Waals surface area contributed by atoms with E-state index in [4.69, 9.17) is 4.74 Å². The number of halogens is 1. The lowest BCUT2D eigenvalue weighted by atomic mass is 10.0. The average Bonchev–Trinajstić information content (AvgIpc) is 2.71. The number of aryl methyl sites for hydroxylation is 1. The Hall–Kier alpha value is -3.28. The summed E-state index contributed by atoms with van der Waals surface area (Å²) in [7, 11) is 0. The van der Waals surface area contributed by atoms with Crippen LogP contribution in [-0.4, -0.2) is 22.9 Å². The highest BCUT2D eigenvalue weighted by molar-refractivity contribution is 5.98. The van der Waals surface area contributed by atoms with Crippen molar-refractivity contribution in [3.63, 3.8) is 0 Å². The summed E-state index contributed by atoms with van der Waals surface area (Å²) >= 11 is 0. The number of pyridine rings is 1. The Morgan fingerprint density at radius 3 is 2.59 bits per heavy atom. The van der Waals surface area contributed by atoms with Gasteiger partial charge in [-0.1, -0.05) is 38.1 Å². The molecule has 3 rings (SSSR count). The Labute approximate surface area is 168 Å². The molecule has 1 atom stereocenters. The molecule has 29 heavy (non-hydrogen) atoms. The van der Waals surface area contributed by atoms with Gasteiger partial charge in [0.05, 0.1) is 5.52 Å². The van der Waals surface area contributed by atoms with Crippen LogP contribution in [0.5, 0.6) is 0 Å². The summed E-state index contributed by atoms with van der Waals surface area (Å²) in [6.07, 6.45) is 1.56. The molecule has 0 aliphatic heterocycles. The molecule has 0 spiro atoms. The topological polar surface area (TPSA) is 68.3 Å². The molecule has 2 aromatic carbocycles. The molecule has 0 radical (unpaired) electrons. The molecule has 0 aliphatic carbocycles. The van der Waals surface area contributed by atoms with E-state index >= 15 is 0 Å². The zero-order valence-corrected chi connectivity index (χ0v) is 16.6. The summed E-state index contributed by atoms with van der Waals surface area (Å²) in [4.78, 5) is 29.5. The van der Waals surface area contributed by atoms with Crippen LogP contribution in [0.3, 0.4) is 0 Å². The summed E-state index contributed by atoms with van der Waals surface area (Å²) in [5, 5.41) is 3.14. The van der Waals surface area contributed by atoms with Gasteiger partial charge in [0, 0.05) is 22.7 Å². The van der Waals surface area contributed by atoms with E-state index in [2.05, 4.69) is 10.3 Å². The predicted octanol–water partition coefficient (Wildman–Crippen LogP) is 4.18. The molecular weight excluding hydrogens is 371 g/mol. The molecule has 0 aliphatic rings. The van der Waals surface area contributed by atoms with E-state index < -0.39 is 12.0 Å². The zero-order chi connectivity index (χ0) is 21.0. The molecule has 150 valence electrons. The van der Waals surface area contributed by atoms with Gasteiger partial charge in [0.15, 0.2) is 0 Å². The molecule has 0 fully saturated rings. The van der Waals surface area contributed by atoms with Crippen LogP contribution in [0.1, 0.15) is 35.3 Å². The molecule has 3 aromatic rings. The molecule has 0 saturated heterocycles. The van der Waals surface area contributed by atoms with Crippen molar-refractivity contribution in [2.24, 2.45) is 5.92 Å². The number of amides is 1.